The molecule has 5 nitrogen and oxygen atoms in total. The second-order valence-corrected chi connectivity index (χ2v) is 4.64. The molecule has 0 amide bonds. The molecule has 0 fully saturated rings. The van der Waals surface area contributed by atoms with Gasteiger partial charge in [-0.3, -0.25) is 0 Å². The van der Waals surface area contributed by atoms with Gasteiger partial charge in [0.2, 0.25) is 0 Å². The van der Waals surface area contributed by atoms with E-state index >= 15 is 0 Å². The summed E-state index contributed by atoms with van der Waals surface area (Å²) in [4.78, 5) is 8.23. The standard InChI is InChI=1S/C16H21N3O2/c1-4-8-19-16(12-9-17-11-18-10-12)15-13(20-2)6-5-7-14(15)21-3/h5-7,9-11,16,19H,4,8H2,1-3H3. The molecule has 1 aromatic heterocycles. The van der Waals surface area contributed by atoms with E-state index < -0.39 is 0 Å². The molecular weight excluding hydrogens is 266 g/mol. The summed E-state index contributed by atoms with van der Waals surface area (Å²) in [7, 11) is 3.33. The molecule has 2 rings (SSSR count). The quantitative estimate of drug-likeness (QED) is 0.848. The summed E-state index contributed by atoms with van der Waals surface area (Å²) in [6.45, 7) is 3.01. The molecule has 1 aromatic carbocycles. The highest BCUT2D eigenvalue weighted by molar-refractivity contribution is 5.50. The van der Waals surface area contributed by atoms with Gasteiger partial charge in [0, 0.05) is 18.0 Å². The summed E-state index contributed by atoms with van der Waals surface area (Å²) in [6, 6.07) is 5.71. The first kappa shape index (κ1) is 15.3. The number of rotatable bonds is 7. The maximum Gasteiger partial charge on any atom is 0.127 e. The molecule has 1 N–H and O–H groups in total. The van der Waals surface area contributed by atoms with E-state index in [1.54, 1.807) is 14.2 Å². The monoisotopic (exact) mass is 287 g/mol. The number of nitrogens with one attached hydrogen (secondary N) is 1. The minimum absolute atomic E-state index is 0.0720. The Morgan fingerprint density at radius 2 is 1.71 bits per heavy atom. The molecule has 0 bridgehead atoms. The third-order valence-corrected chi connectivity index (χ3v) is 3.27. The van der Waals surface area contributed by atoms with E-state index in [-0.39, 0.29) is 6.04 Å². The Morgan fingerprint density at radius 1 is 1.10 bits per heavy atom. The van der Waals surface area contributed by atoms with Crippen LogP contribution in [0.4, 0.5) is 0 Å². The molecule has 1 unspecified atom stereocenters. The first-order valence-corrected chi connectivity index (χ1v) is 7.01. The molecule has 0 aliphatic heterocycles. The molecule has 21 heavy (non-hydrogen) atoms. The van der Waals surface area contributed by atoms with Crippen molar-refractivity contribution in [3.8, 4) is 11.5 Å². The van der Waals surface area contributed by atoms with E-state index in [1.807, 2.05) is 30.6 Å². The zero-order valence-corrected chi connectivity index (χ0v) is 12.7. The molecule has 2 aromatic rings. The Labute approximate surface area is 125 Å². The molecule has 1 atom stereocenters. The Bertz CT molecular complexity index is 538. The number of ether oxygens (including phenoxy) is 2. The van der Waals surface area contributed by atoms with Crippen LogP contribution in [0, 0.1) is 0 Å². The van der Waals surface area contributed by atoms with E-state index in [9.17, 15) is 0 Å². The first-order valence-electron chi connectivity index (χ1n) is 7.01. The maximum atomic E-state index is 5.51. The average Bonchev–Trinajstić information content (AvgIpc) is 2.56. The molecule has 0 aliphatic rings. The van der Waals surface area contributed by atoms with Gasteiger partial charge in [-0.15, -0.1) is 0 Å². The predicted molar refractivity (Wildman–Crippen MR) is 81.7 cm³/mol. The van der Waals surface area contributed by atoms with Crippen LogP contribution in [0.1, 0.15) is 30.5 Å². The van der Waals surface area contributed by atoms with Gasteiger partial charge < -0.3 is 14.8 Å². The summed E-state index contributed by atoms with van der Waals surface area (Å²) in [5, 5.41) is 3.51. The molecule has 112 valence electrons. The fraction of sp³-hybridized carbons (Fsp3) is 0.375. The van der Waals surface area contributed by atoms with Gasteiger partial charge in [-0.25, -0.2) is 9.97 Å². The largest absolute Gasteiger partial charge is 0.496 e. The van der Waals surface area contributed by atoms with Crippen LogP contribution in [0.5, 0.6) is 11.5 Å². The van der Waals surface area contributed by atoms with Crippen molar-refractivity contribution >= 4 is 0 Å². The van der Waals surface area contributed by atoms with Crippen molar-refractivity contribution in [1.29, 1.82) is 0 Å². The van der Waals surface area contributed by atoms with Gasteiger partial charge in [-0.2, -0.15) is 0 Å². The number of hydrogen-bond donors (Lipinski definition) is 1. The minimum atomic E-state index is -0.0720. The van der Waals surface area contributed by atoms with E-state index in [0.29, 0.717) is 0 Å². The Morgan fingerprint density at radius 3 is 2.24 bits per heavy atom. The lowest BCUT2D eigenvalue weighted by Gasteiger charge is -2.23. The van der Waals surface area contributed by atoms with Crippen LogP contribution in [-0.4, -0.2) is 30.7 Å². The van der Waals surface area contributed by atoms with Crippen LogP contribution in [0.25, 0.3) is 0 Å². The fourth-order valence-corrected chi connectivity index (χ4v) is 2.30. The zero-order chi connectivity index (χ0) is 15.1. The van der Waals surface area contributed by atoms with Gasteiger partial charge in [0.15, 0.2) is 0 Å². The summed E-state index contributed by atoms with van der Waals surface area (Å²) >= 11 is 0. The lowest BCUT2D eigenvalue weighted by Crippen LogP contribution is -2.24. The van der Waals surface area contributed by atoms with E-state index in [0.717, 1.165) is 35.6 Å². The molecule has 0 spiro atoms. The summed E-state index contributed by atoms with van der Waals surface area (Å²) in [6.07, 6.45) is 6.18. The van der Waals surface area contributed by atoms with E-state index in [4.69, 9.17) is 9.47 Å². The topological polar surface area (TPSA) is 56.3 Å². The lowest BCUT2D eigenvalue weighted by molar-refractivity contribution is 0.376. The third kappa shape index (κ3) is 3.49. The predicted octanol–water partition coefficient (Wildman–Crippen LogP) is 2.58. The van der Waals surface area contributed by atoms with Crippen LogP contribution in [0.15, 0.2) is 36.9 Å². The molecule has 1 heterocycles. The molecular formula is C16H21N3O2. The maximum absolute atomic E-state index is 5.51. The van der Waals surface area contributed by atoms with Gasteiger partial charge in [-0.1, -0.05) is 13.0 Å². The van der Waals surface area contributed by atoms with Crippen molar-refractivity contribution in [3.63, 3.8) is 0 Å². The highest BCUT2D eigenvalue weighted by Crippen LogP contribution is 2.36. The number of hydrogen-bond acceptors (Lipinski definition) is 5. The van der Waals surface area contributed by atoms with Crippen molar-refractivity contribution < 1.29 is 9.47 Å². The van der Waals surface area contributed by atoms with Crippen molar-refractivity contribution in [1.82, 2.24) is 15.3 Å². The summed E-state index contributed by atoms with van der Waals surface area (Å²) in [5.41, 5.74) is 1.94. The van der Waals surface area contributed by atoms with Crippen LogP contribution >= 0.6 is 0 Å². The zero-order valence-electron chi connectivity index (χ0n) is 12.7. The van der Waals surface area contributed by atoms with Crippen LogP contribution in [0.2, 0.25) is 0 Å². The van der Waals surface area contributed by atoms with Gasteiger partial charge in [-0.05, 0) is 25.1 Å². The molecule has 0 aliphatic carbocycles. The number of aromatic nitrogens is 2. The lowest BCUT2D eigenvalue weighted by atomic mass is 9.98. The number of methoxy groups -OCH3 is 2. The van der Waals surface area contributed by atoms with Crippen molar-refractivity contribution in [2.45, 2.75) is 19.4 Å². The Hall–Kier alpha value is -2.14. The SMILES string of the molecule is CCCNC(c1cncnc1)c1c(OC)cccc1OC. The number of benzene rings is 1. The van der Waals surface area contributed by atoms with Crippen LogP contribution in [0.3, 0.4) is 0 Å². The number of nitrogens with zero attached hydrogens (tertiary/aromatic N) is 2. The van der Waals surface area contributed by atoms with Crippen molar-refractivity contribution in [2.24, 2.45) is 0 Å². The second-order valence-electron chi connectivity index (χ2n) is 4.64. The normalized spacial score (nSPS) is 12.0. The Kier molecular flexibility index (Phi) is 5.51. The highest BCUT2D eigenvalue weighted by atomic mass is 16.5. The van der Waals surface area contributed by atoms with Crippen molar-refractivity contribution in [3.05, 3.63) is 48.0 Å². The second kappa shape index (κ2) is 7.59. The van der Waals surface area contributed by atoms with E-state index in [1.165, 1.54) is 6.33 Å². The minimum Gasteiger partial charge on any atom is -0.496 e. The summed E-state index contributed by atoms with van der Waals surface area (Å²) < 4.78 is 11.0. The van der Waals surface area contributed by atoms with E-state index in [2.05, 4.69) is 22.2 Å². The van der Waals surface area contributed by atoms with Crippen LogP contribution in [-0.2, 0) is 0 Å². The summed E-state index contributed by atoms with van der Waals surface area (Å²) in [5.74, 6) is 1.57. The van der Waals surface area contributed by atoms with Gasteiger partial charge in [0.05, 0.1) is 25.8 Å². The van der Waals surface area contributed by atoms with Gasteiger partial charge in [0.25, 0.3) is 0 Å². The van der Waals surface area contributed by atoms with Crippen molar-refractivity contribution in [2.75, 3.05) is 20.8 Å². The van der Waals surface area contributed by atoms with Gasteiger partial charge in [0.1, 0.15) is 17.8 Å². The first-order chi connectivity index (χ1) is 10.3. The fourth-order valence-electron chi connectivity index (χ4n) is 2.30. The van der Waals surface area contributed by atoms with Gasteiger partial charge >= 0.3 is 0 Å². The molecule has 0 saturated carbocycles. The Balaban J connectivity index is 2.50. The smallest absolute Gasteiger partial charge is 0.127 e. The van der Waals surface area contributed by atoms with Crippen LogP contribution < -0.4 is 14.8 Å². The molecule has 0 saturated heterocycles. The highest BCUT2D eigenvalue weighted by Gasteiger charge is 2.22. The molecule has 0 radical (unpaired) electrons. The molecule has 5 heteroatoms. The average molecular weight is 287 g/mol. The third-order valence-electron chi connectivity index (χ3n) is 3.27.